The Hall–Kier alpha value is -2.38. The van der Waals surface area contributed by atoms with Gasteiger partial charge in [0.25, 0.3) is 5.92 Å². The molecule has 2 aromatic heterocycles. The van der Waals surface area contributed by atoms with Crippen LogP contribution in [0.5, 0.6) is 0 Å². The van der Waals surface area contributed by atoms with Gasteiger partial charge < -0.3 is 9.80 Å². The van der Waals surface area contributed by atoms with Crippen LogP contribution in [0.2, 0.25) is 0 Å². The molecule has 0 saturated carbocycles. The third-order valence-electron chi connectivity index (χ3n) is 4.75. The number of amides is 1. The smallest absolute Gasteiger partial charge is 0.251 e. The Morgan fingerprint density at radius 2 is 1.96 bits per heavy atom. The fraction of sp³-hybridized carbons (Fsp3) is 0.500. The third kappa shape index (κ3) is 2.65. The second-order valence-electron chi connectivity index (χ2n) is 6.37. The number of carbonyl (C=O) groups is 1. The summed E-state index contributed by atoms with van der Waals surface area (Å²) >= 11 is 0. The number of hydrogen-bond acceptors (Lipinski definition) is 5. The summed E-state index contributed by atoms with van der Waals surface area (Å²) in [5.41, 5.74) is 0.760. The minimum Gasteiger partial charge on any atom is -0.354 e. The summed E-state index contributed by atoms with van der Waals surface area (Å²) in [4.78, 5) is 28.6. The number of fused-ring (bicyclic) bond motifs is 1. The molecule has 0 spiro atoms. The van der Waals surface area contributed by atoms with Crippen LogP contribution in [0.1, 0.15) is 12.8 Å². The van der Waals surface area contributed by atoms with E-state index in [4.69, 9.17) is 0 Å². The summed E-state index contributed by atoms with van der Waals surface area (Å²) in [6.45, 7) is 1.40. The van der Waals surface area contributed by atoms with E-state index in [1.54, 1.807) is 17.3 Å². The zero-order valence-electron chi connectivity index (χ0n) is 13.0. The standard InChI is InChI=1S/C16H17F2N5O/c17-16(18)2-5-22(6-3-16)15(24)11-8-23(9-11)14-12-1-4-19-7-13(12)20-10-21-14/h1,4,7,10-11H,2-3,5-6,8-9H2. The van der Waals surface area contributed by atoms with Crippen molar-refractivity contribution in [2.24, 2.45) is 5.92 Å². The Bertz CT molecular complexity index is 763. The molecule has 2 aliphatic heterocycles. The molecule has 0 aliphatic carbocycles. The molecule has 0 radical (unpaired) electrons. The largest absolute Gasteiger partial charge is 0.354 e. The van der Waals surface area contributed by atoms with E-state index in [1.165, 1.54) is 6.33 Å². The van der Waals surface area contributed by atoms with E-state index in [-0.39, 0.29) is 37.8 Å². The number of rotatable bonds is 2. The number of hydrogen-bond donors (Lipinski definition) is 0. The van der Waals surface area contributed by atoms with Crippen molar-refractivity contribution < 1.29 is 13.6 Å². The molecule has 0 unspecified atom stereocenters. The Kier molecular flexibility index (Phi) is 3.54. The van der Waals surface area contributed by atoms with Crippen LogP contribution in [0.25, 0.3) is 10.9 Å². The predicted molar refractivity (Wildman–Crippen MR) is 83.8 cm³/mol. The van der Waals surface area contributed by atoms with Gasteiger partial charge in [0.05, 0.1) is 17.6 Å². The molecule has 0 bridgehead atoms. The molecule has 6 nitrogen and oxygen atoms in total. The summed E-state index contributed by atoms with van der Waals surface area (Å²) in [7, 11) is 0. The molecule has 2 aromatic rings. The molecular weight excluding hydrogens is 316 g/mol. The van der Waals surface area contributed by atoms with Crippen molar-refractivity contribution in [1.29, 1.82) is 0 Å². The molecular formula is C16H17F2N5O. The minimum atomic E-state index is -2.63. The van der Waals surface area contributed by atoms with Gasteiger partial charge in [0.15, 0.2) is 0 Å². The van der Waals surface area contributed by atoms with Gasteiger partial charge in [-0.05, 0) is 6.07 Å². The Morgan fingerprint density at radius 1 is 1.21 bits per heavy atom. The van der Waals surface area contributed by atoms with Crippen molar-refractivity contribution in [2.45, 2.75) is 18.8 Å². The van der Waals surface area contributed by atoms with Crippen LogP contribution >= 0.6 is 0 Å². The second kappa shape index (κ2) is 5.61. The Labute approximate surface area is 137 Å². The fourth-order valence-corrected chi connectivity index (χ4v) is 3.27. The third-order valence-corrected chi connectivity index (χ3v) is 4.75. The SMILES string of the molecule is O=C(C1CN(c2ncnc3cnccc23)C1)N1CCC(F)(F)CC1. The van der Waals surface area contributed by atoms with Gasteiger partial charge in [-0.25, -0.2) is 18.7 Å². The lowest BCUT2D eigenvalue weighted by atomic mass is 9.96. The Morgan fingerprint density at radius 3 is 2.71 bits per heavy atom. The predicted octanol–water partition coefficient (Wildman–Crippen LogP) is 1.72. The van der Waals surface area contributed by atoms with Gasteiger partial charge in [-0.2, -0.15) is 0 Å². The molecule has 24 heavy (non-hydrogen) atoms. The molecule has 4 heterocycles. The number of pyridine rings is 1. The van der Waals surface area contributed by atoms with Crippen molar-refractivity contribution >= 4 is 22.6 Å². The van der Waals surface area contributed by atoms with Crippen LogP contribution in [0.3, 0.4) is 0 Å². The Balaban J connectivity index is 1.42. The van der Waals surface area contributed by atoms with Crippen LogP contribution in [0, 0.1) is 5.92 Å². The topological polar surface area (TPSA) is 62.2 Å². The van der Waals surface area contributed by atoms with Crippen LogP contribution in [0.15, 0.2) is 24.8 Å². The zero-order chi connectivity index (χ0) is 16.7. The van der Waals surface area contributed by atoms with E-state index in [1.807, 2.05) is 11.0 Å². The van der Waals surface area contributed by atoms with E-state index in [0.29, 0.717) is 13.1 Å². The molecule has 4 rings (SSSR count). The van der Waals surface area contributed by atoms with Crippen LogP contribution in [-0.2, 0) is 4.79 Å². The van der Waals surface area contributed by atoms with Crippen LogP contribution in [-0.4, -0.2) is 57.9 Å². The number of carbonyl (C=O) groups excluding carboxylic acids is 1. The maximum atomic E-state index is 13.2. The van der Waals surface area contributed by atoms with Gasteiger partial charge in [-0.3, -0.25) is 9.78 Å². The van der Waals surface area contributed by atoms with Crippen molar-refractivity contribution in [3.8, 4) is 0 Å². The molecule has 0 aromatic carbocycles. The first kappa shape index (κ1) is 15.2. The molecule has 2 saturated heterocycles. The highest BCUT2D eigenvalue weighted by Gasteiger charge is 2.41. The number of likely N-dealkylation sites (tertiary alicyclic amines) is 1. The lowest BCUT2D eigenvalue weighted by Gasteiger charge is -2.43. The van der Waals surface area contributed by atoms with Crippen LogP contribution < -0.4 is 4.90 Å². The first-order chi connectivity index (χ1) is 11.5. The van der Waals surface area contributed by atoms with Gasteiger partial charge in [0.2, 0.25) is 5.91 Å². The van der Waals surface area contributed by atoms with E-state index < -0.39 is 5.92 Å². The number of alkyl halides is 2. The van der Waals surface area contributed by atoms with Crippen LogP contribution in [0.4, 0.5) is 14.6 Å². The highest BCUT2D eigenvalue weighted by atomic mass is 19.3. The molecule has 2 aliphatic rings. The number of aromatic nitrogens is 3. The molecule has 126 valence electrons. The zero-order valence-corrected chi connectivity index (χ0v) is 13.0. The van der Waals surface area contributed by atoms with E-state index >= 15 is 0 Å². The first-order valence-electron chi connectivity index (χ1n) is 8.00. The lowest BCUT2D eigenvalue weighted by Crippen LogP contribution is -2.56. The number of halogens is 2. The minimum absolute atomic E-state index is 0.0261. The van der Waals surface area contributed by atoms with Crippen molar-refractivity contribution in [3.63, 3.8) is 0 Å². The van der Waals surface area contributed by atoms with Gasteiger partial charge in [0, 0.05) is 50.6 Å². The average Bonchev–Trinajstić information content (AvgIpc) is 2.53. The van der Waals surface area contributed by atoms with E-state index in [9.17, 15) is 13.6 Å². The fourth-order valence-electron chi connectivity index (χ4n) is 3.27. The maximum Gasteiger partial charge on any atom is 0.251 e. The van der Waals surface area contributed by atoms with Crippen molar-refractivity contribution in [3.05, 3.63) is 24.8 Å². The van der Waals surface area contributed by atoms with E-state index in [0.717, 1.165) is 16.7 Å². The molecule has 0 N–H and O–H groups in total. The summed E-state index contributed by atoms with van der Waals surface area (Å²) in [6, 6.07) is 1.85. The second-order valence-corrected chi connectivity index (χ2v) is 6.37. The average molecular weight is 333 g/mol. The van der Waals surface area contributed by atoms with Crippen molar-refractivity contribution in [1.82, 2.24) is 19.9 Å². The normalized spacial score (nSPS) is 20.9. The quantitative estimate of drug-likeness (QED) is 0.837. The monoisotopic (exact) mass is 333 g/mol. The molecule has 2 fully saturated rings. The summed E-state index contributed by atoms with van der Waals surface area (Å²) in [5.74, 6) is -2.02. The van der Waals surface area contributed by atoms with Gasteiger partial charge >= 0.3 is 0 Å². The molecule has 8 heteroatoms. The summed E-state index contributed by atoms with van der Waals surface area (Å²) in [6.07, 6.45) is 4.38. The highest BCUT2D eigenvalue weighted by molar-refractivity contribution is 5.90. The van der Waals surface area contributed by atoms with Gasteiger partial charge in [0.1, 0.15) is 12.1 Å². The highest BCUT2D eigenvalue weighted by Crippen LogP contribution is 2.32. The van der Waals surface area contributed by atoms with E-state index in [2.05, 4.69) is 15.0 Å². The number of nitrogens with zero attached hydrogens (tertiary/aromatic N) is 5. The lowest BCUT2D eigenvalue weighted by molar-refractivity contribution is -0.142. The molecule has 1 amide bonds. The van der Waals surface area contributed by atoms with Gasteiger partial charge in [-0.15, -0.1) is 0 Å². The number of anilines is 1. The van der Waals surface area contributed by atoms with Crippen molar-refractivity contribution in [2.75, 3.05) is 31.1 Å². The first-order valence-corrected chi connectivity index (χ1v) is 8.00. The number of piperidine rings is 1. The van der Waals surface area contributed by atoms with Gasteiger partial charge in [-0.1, -0.05) is 0 Å². The summed E-state index contributed by atoms with van der Waals surface area (Å²) < 4.78 is 26.4. The maximum absolute atomic E-state index is 13.2. The molecule has 0 atom stereocenters. The summed E-state index contributed by atoms with van der Waals surface area (Å²) in [5, 5.41) is 0.899.